The Morgan fingerprint density at radius 3 is 2.74 bits per heavy atom. The molecule has 0 N–H and O–H groups in total. The number of ketones is 1. The van der Waals surface area contributed by atoms with E-state index < -0.39 is 0 Å². The normalized spacial score (nSPS) is 23.1. The van der Waals surface area contributed by atoms with E-state index >= 15 is 0 Å². The lowest BCUT2D eigenvalue weighted by atomic mass is 9.90. The number of carbonyl (C=O) groups is 1. The van der Waals surface area contributed by atoms with Gasteiger partial charge in [-0.2, -0.15) is 0 Å². The Morgan fingerprint density at radius 1 is 1.31 bits per heavy atom. The maximum atomic E-state index is 13.1. The lowest BCUT2D eigenvalue weighted by molar-refractivity contribution is -0.113. The lowest BCUT2D eigenvalue weighted by Gasteiger charge is -2.25. The summed E-state index contributed by atoms with van der Waals surface area (Å²) in [5.41, 5.74) is 8.97. The van der Waals surface area contributed by atoms with Crippen LogP contribution in [0.4, 0.5) is 0 Å². The van der Waals surface area contributed by atoms with Crippen LogP contribution in [0.25, 0.3) is 0 Å². The maximum absolute atomic E-state index is 13.1. The number of hydrogen-bond donors (Lipinski definition) is 0. The fraction of sp³-hybridized carbons (Fsp3) is 0.400. The second-order valence-electron chi connectivity index (χ2n) is 10.8. The maximum Gasteiger partial charge on any atom is 0.162 e. The molecule has 1 aliphatic carbocycles. The Morgan fingerprint density at radius 2 is 2.08 bits per heavy atom. The van der Waals surface area contributed by atoms with Crippen molar-refractivity contribution in [2.45, 2.75) is 60.3 Å². The van der Waals surface area contributed by atoms with E-state index in [4.69, 9.17) is 4.99 Å². The molecule has 2 atom stereocenters. The number of nitrogens with zero attached hydrogens (tertiary/aromatic N) is 3. The second kappa shape index (κ2) is 14.0. The first-order valence-corrected chi connectivity index (χ1v) is 14.2. The van der Waals surface area contributed by atoms with Crippen molar-refractivity contribution < 1.29 is 4.79 Å². The molecule has 3 rings (SSSR count). The van der Waals surface area contributed by atoms with E-state index in [1.54, 1.807) is 13.1 Å². The van der Waals surface area contributed by atoms with Crippen LogP contribution in [0, 0.1) is 11.8 Å². The van der Waals surface area contributed by atoms with Crippen LogP contribution in [0.3, 0.4) is 0 Å². The van der Waals surface area contributed by atoms with E-state index in [1.807, 2.05) is 19.1 Å². The first kappa shape index (κ1) is 30.0. The first-order valence-electron chi connectivity index (χ1n) is 14.2. The fourth-order valence-electron chi connectivity index (χ4n) is 5.32. The minimum atomic E-state index is 0.0298. The molecule has 0 aromatic heterocycles. The molecule has 0 aromatic rings. The third-order valence-corrected chi connectivity index (χ3v) is 7.67. The van der Waals surface area contributed by atoms with Crippen molar-refractivity contribution in [3.63, 3.8) is 0 Å². The monoisotopic (exact) mass is 523 g/mol. The van der Waals surface area contributed by atoms with Gasteiger partial charge < -0.3 is 4.90 Å². The van der Waals surface area contributed by atoms with Crippen LogP contribution in [-0.4, -0.2) is 42.2 Å². The van der Waals surface area contributed by atoms with Crippen molar-refractivity contribution >= 4 is 17.2 Å². The fourth-order valence-corrected chi connectivity index (χ4v) is 5.32. The van der Waals surface area contributed by atoms with Gasteiger partial charge in [0.15, 0.2) is 5.78 Å². The Hall–Kier alpha value is -3.53. The van der Waals surface area contributed by atoms with Crippen LogP contribution in [0.2, 0.25) is 0 Å². The molecule has 0 amide bonds. The van der Waals surface area contributed by atoms with E-state index in [0.29, 0.717) is 23.7 Å². The number of fused-ring (bicyclic) bond motifs is 1. The average molecular weight is 524 g/mol. The zero-order chi connectivity index (χ0) is 28.5. The smallest absolute Gasteiger partial charge is 0.162 e. The molecule has 0 bridgehead atoms. The summed E-state index contributed by atoms with van der Waals surface area (Å²) in [6, 6.07) is 0. The number of rotatable bonds is 8. The SMILES string of the molecule is C=C/C(C)=C\C(C)/C(=C\C(=N/C)C1=CC(=O)CC2=CC=C(N3CC/C(=C\C)C[C@H](C)C3)C=CC2=N1)C(=C)CC. The average Bonchev–Trinajstić information content (AvgIpc) is 3.30. The summed E-state index contributed by atoms with van der Waals surface area (Å²) < 4.78 is 0. The topological polar surface area (TPSA) is 45.0 Å². The molecular formula is C35H45N3O. The van der Waals surface area contributed by atoms with Crippen molar-refractivity contribution in [3.8, 4) is 0 Å². The molecule has 1 unspecified atom stereocenters. The first-order chi connectivity index (χ1) is 18.7. The molecule has 4 heteroatoms. The molecule has 206 valence electrons. The lowest BCUT2D eigenvalue weighted by Crippen LogP contribution is -2.26. The van der Waals surface area contributed by atoms with Gasteiger partial charge in [-0.25, -0.2) is 4.99 Å². The summed E-state index contributed by atoms with van der Waals surface area (Å²) in [5.74, 6) is 0.751. The summed E-state index contributed by atoms with van der Waals surface area (Å²) in [6.45, 7) is 21.0. The zero-order valence-electron chi connectivity index (χ0n) is 24.8. The Kier molecular flexibility index (Phi) is 10.8. The Bertz CT molecular complexity index is 1270. The highest BCUT2D eigenvalue weighted by molar-refractivity contribution is 6.20. The summed E-state index contributed by atoms with van der Waals surface area (Å²) in [4.78, 5) is 25.1. The van der Waals surface area contributed by atoms with Crippen molar-refractivity contribution in [3.05, 3.63) is 107 Å². The largest absolute Gasteiger partial charge is 0.371 e. The summed E-state index contributed by atoms with van der Waals surface area (Å²) in [5, 5.41) is 0. The predicted molar refractivity (Wildman–Crippen MR) is 168 cm³/mol. The second-order valence-corrected chi connectivity index (χ2v) is 10.8. The molecule has 0 spiro atoms. The van der Waals surface area contributed by atoms with Gasteiger partial charge in [0.1, 0.15) is 0 Å². The highest BCUT2D eigenvalue weighted by Gasteiger charge is 2.22. The van der Waals surface area contributed by atoms with Gasteiger partial charge in [-0.15, -0.1) is 0 Å². The molecule has 1 fully saturated rings. The Balaban J connectivity index is 1.97. The molecule has 2 heterocycles. The summed E-state index contributed by atoms with van der Waals surface area (Å²) in [7, 11) is 1.75. The molecule has 0 radical (unpaired) electrons. The molecule has 2 aliphatic heterocycles. The van der Waals surface area contributed by atoms with Crippen molar-refractivity contribution in [2.24, 2.45) is 21.8 Å². The van der Waals surface area contributed by atoms with Crippen LogP contribution in [-0.2, 0) is 4.79 Å². The van der Waals surface area contributed by atoms with Crippen LogP contribution >= 0.6 is 0 Å². The zero-order valence-corrected chi connectivity index (χ0v) is 24.8. The van der Waals surface area contributed by atoms with Crippen molar-refractivity contribution in [2.75, 3.05) is 20.1 Å². The van der Waals surface area contributed by atoms with E-state index in [9.17, 15) is 4.79 Å². The van der Waals surface area contributed by atoms with Gasteiger partial charge in [-0.1, -0.05) is 75.0 Å². The van der Waals surface area contributed by atoms with Gasteiger partial charge in [0.05, 0.1) is 17.1 Å². The number of aliphatic imine (C=N–C) groups is 2. The van der Waals surface area contributed by atoms with Gasteiger partial charge in [0.2, 0.25) is 0 Å². The molecule has 3 aliphatic rings. The third kappa shape index (κ3) is 7.98. The predicted octanol–water partition coefficient (Wildman–Crippen LogP) is 8.07. The van der Waals surface area contributed by atoms with Crippen LogP contribution < -0.4 is 0 Å². The standard InChI is InChI=1S/C35H45N3O/c1-9-24(4)18-27(7)32(26(6)10-2)22-34(36-8)35-21-31(39)20-29-12-13-30(14-15-33(29)37-35)38-17-16-28(11-3)19-25(5)23-38/h9,11-15,18,21-22,25,27H,1,6,10,16-17,19-20,23H2,2-5,7-8H3/b24-18-,28-11+,32-22-,36-34+/t25-,27?/m0/s1. The van der Waals surface area contributed by atoms with E-state index in [0.717, 1.165) is 60.4 Å². The van der Waals surface area contributed by atoms with Crippen molar-refractivity contribution in [1.82, 2.24) is 4.90 Å². The van der Waals surface area contributed by atoms with Gasteiger partial charge in [0.25, 0.3) is 0 Å². The van der Waals surface area contributed by atoms with E-state index in [-0.39, 0.29) is 11.7 Å². The number of hydrogen-bond acceptors (Lipinski definition) is 4. The van der Waals surface area contributed by atoms with Crippen LogP contribution in [0.15, 0.2) is 117 Å². The van der Waals surface area contributed by atoms with E-state index in [2.05, 4.69) is 87.2 Å². The Labute approximate surface area is 236 Å². The molecule has 4 nitrogen and oxygen atoms in total. The van der Waals surface area contributed by atoms with Crippen molar-refractivity contribution in [1.29, 1.82) is 0 Å². The van der Waals surface area contributed by atoms with Gasteiger partial charge >= 0.3 is 0 Å². The quantitative estimate of drug-likeness (QED) is 0.183. The highest BCUT2D eigenvalue weighted by Crippen LogP contribution is 2.28. The van der Waals surface area contributed by atoms with Crippen LogP contribution in [0.5, 0.6) is 0 Å². The van der Waals surface area contributed by atoms with Gasteiger partial charge in [-0.05, 0) is 80.4 Å². The van der Waals surface area contributed by atoms with Gasteiger partial charge in [-0.3, -0.25) is 9.79 Å². The summed E-state index contributed by atoms with van der Waals surface area (Å²) in [6.07, 6.45) is 21.8. The van der Waals surface area contributed by atoms with Gasteiger partial charge in [0, 0.05) is 38.3 Å². The van der Waals surface area contributed by atoms with E-state index in [1.165, 1.54) is 11.3 Å². The minimum Gasteiger partial charge on any atom is -0.371 e. The minimum absolute atomic E-state index is 0.0298. The summed E-state index contributed by atoms with van der Waals surface area (Å²) >= 11 is 0. The molecule has 39 heavy (non-hydrogen) atoms. The molecule has 1 saturated heterocycles. The number of allylic oxidation sites excluding steroid dienone is 13. The molecule has 0 saturated carbocycles. The molecular weight excluding hydrogens is 478 g/mol. The number of likely N-dealkylation sites (tertiary alicyclic amines) is 1. The highest BCUT2D eigenvalue weighted by atomic mass is 16.1. The third-order valence-electron chi connectivity index (χ3n) is 7.67. The molecule has 0 aromatic carbocycles. The number of carbonyl (C=O) groups excluding carboxylic acids is 1. The van der Waals surface area contributed by atoms with Crippen LogP contribution in [0.1, 0.15) is 60.3 Å².